The van der Waals surface area contributed by atoms with Crippen LogP contribution in [0.15, 0.2) is 12.4 Å². The van der Waals surface area contributed by atoms with Gasteiger partial charge >= 0.3 is 12.0 Å². The molecule has 7 nitrogen and oxygen atoms in total. The minimum Gasteiger partial charge on any atom is -0.481 e. The molecule has 1 saturated heterocycles. The van der Waals surface area contributed by atoms with Crippen LogP contribution in [0.3, 0.4) is 0 Å². The molecule has 2 heterocycles. The molecule has 110 valence electrons. The lowest BCUT2D eigenvalue weighted by Gasteiger charge is -2.20. The summed E-state index contributed by atoms with van der Waals surface area (Å²) in [5.41, 5.74) is -0.230. The molecule has 0 aromatic carbocycles. The lowest BCUT2D eigenvalue weighted by Crippen LogP contribution is -2.37. The quantitative estimate of drug-likeness (QED) is 0.883. The van der Waals surface area contributed by atoms with Crippen molar-refractivity contribution in [3.63, 3.8) is 0 Å². The number of nitrogens with zero attached hydrogens (tertiary/aromatic N) is 3. The molecule has 1 fully saturated rings. The average molecular weight is 280 g/mol. The molecule has 2 N–H and O–H groups in total. The van der Waals surface area contributed by atoms with E-state index in [4.69, 9.17) is 5.11 Å². The van der Waals surface area contributed by atoms with Gasteiger partial charge in [-0.15, -0.1) is 0 Å². The predicted octanol–water partition coefficient (Wildman–Crippen LogP) is 1.79. The first-order chi connectivity index (χ1) is 9.32. The molecule has 0 saturated carbocycles. The van der Waals surface area contributed by atoms with Crippen LogP contribution in [0.1, 0.15) is 33.2 Å². The zero-order chi connectivity index (χ0) is 14.9. The summed E-state index contributed by atoms with van der Waals surface area (Å²) in [6.45, 7) is 6.34. The molecule has 0 aliphatic carbocycles. The summed E-state index contributed by atoms with van der Waals surface area (Å²) in [6.07, 6.45) is 3.82. The van der Waals surface area contributed by atoms with Crippen LogP contribution in [0.4, 0.5) is 10.5 Å². The van der Waals surface area contributed by atoms with Crippen molar-refractivity contribution in [2.45, 2.75) is 33.2 Å². The fourth-order valence-corrected chi connectivity index (χ4v) is 2.20. The van der Waals surface area contributed by atoms with Crippen molar-refractivity contribution in [1.29, 1.82) is 0 Å². The third-order valence-electron chi connectivity index (χ3n) is 3.66. The van der Waals surface area contributed by atoms with Crippen LogP contribution >= 0.6 is 0 Å². The van der Waals surface area contributed by atoms with Gasteiger partial charge in [-0.25, -0.2) is 4.79 Å². The Bertz CT molecular complexity index is 525. The molecule has 0 spiro atoms. The van der Waals surface area contributed by atoms with Crippen LogP contribution < -0.4 is 5.32 Å². The van der Waals surface area contributed by atoms with E-state index in [-0.39, 0.29) is 18.6 Å². The second-order valence-corrected chi connectivity index (χ2v) is 5.77. The fraction of sp³-hybridized carbons (Fsp3) is 0.615. The van der Waals surface area contributed by atoms with Crippen LogP contribution in [0.5, 0.6) is 0 Å². The van der Waals surface area contributed by atoms with Gasteiger partial charge in [0.1, 0.15) is 0 Å². The minimum atomic E-state index is -0.861. The molecule has 1 aliphatic rings. The largest absolute Gasteiger partial charge is 0.481 e. The fourth-order valence-electron chi connectivity index (χ4n) is 2.20. The van der Waals surface area contributed by atoms with E-state index in [1.807, 2.05) is 13.8 Å². The van der Waals surface area contributed by atoms with Gasteiger partial charge in [0.25, 0.3) is 0 Å². The molecule has 1 aromatic heterocycles. The standard InChI is InChI=1S/C13H20N4O3/c1-9(2)17-7-10(6-14-17)15-12(20)16-5-4-13(3,8-16)11(18)19/h6-7,9H,4-5,8H2,1-3H3,(H,15,20)(H,18,19). The number of urea groups is 1. The summed E-state index contributed by atoms with van der Waals surface area (Å²) in [5.74, 6) is -0.861. The summed E-state index contributed by atoms with van der Waals surface area (Å²) in [5, 5.41) is 16.0. The smallest absolute Gasteiger partial charge is 0.321 e. The van der Waals surface area contributed by atoms with E-state index < -0.39 is 11.4 Å². The molecular formula is C13H20N4O3. The third-order valence-corrected chi connectivity index (χ3v) is 3.66. The molecule has 2 amide bonds. The molecule has 2 rings (SSSR count). The van der Waals surface area contributed by atoms with E-state index in [1.165, 1.54) is 4.90 Å². The second-order valence-electron chi connectivity index (χ2n) is 5.77. The predicted molar refractivity (Wildman–Crippen MR) is 73.6 cm³/mol. The van der Waals surface area contributed by atoms with E-state index in [1.54, 1.807) is 24.0 Å². The number of aliphatic carboxylic acids is 1. The number of carbonyl (C=O) groups excluding carboxylic acids is 1. The van der Waals surface area contributed by atoms with Gasteiger partial charge in [0.15, 0.2) is 0 Å². The maximum Gasteiger partial charge on any atom is 0.321 e. The minimum absolute atomic E-state index is 0.225. The van der Waals surface area contributed by atoms with Gasteiger partial charge in [-0.1, -0.05) is 0 Å². The first-order valence-electron chi connectivity index (χ1n) is 6.65. The number of carboxylic acid groups (broad SMARTS) is 1. The Morgan fingerprint density at radius 1 is 1.50 bits per heavy atom. The number of nitrogens with one attached hydrogen (secondary N) is 1. The van der Waals surface area contributed by atoms with E-state index in [0.717, 1.165) is 0 Å². The Balaban J connectivity index is 1.97. The number of hydrogen-bond acceptors (Lipinski definition) is 3. The third kappa shape index (κ3) is 2.76. The van der Waals surface area contributed by atoms with Crippen molar-refractivity contribution >= 4 is 17.7 Å². The van der Waals surface area contributed by atoms with Gasteiger partial charge in [-0.3, -0.25) is 9.48 Å². The summed E-state index contributed by atoms with van der Waals surface area (Å²) >= 11 is 0. The van der Waals surface area contributed by atoms with Gasteiger partial charge in [-0.05, 0) is 27.2 Å². The van der Waals surface area contributed by atoms with Gasteiger partial charge in [0.05, 0.1) is 17.3 Å². The highest BCUT2D eigenvalue weighted by atomic mass is 16.4. The molecule has 0 radical (unpaired) electrons. The Hall–Kier alpha value is -2.05. The van der Waals surface area contributed by atoms with Gasteiger partial charge < -0.3 is 15.3 Å². The van der Waals surface area contributed by atoms with Crippen LogP contribution in [0.2, 0.25) is 0 Å². The number of hydrogen-bond donors (Lipinski definition) is 2. The van der Waals surface area contributed by atoms with Crippen molar-refractivity contribution in [3.8, 4) is 0 Å². The van der Waals surface area contributed by atoms with Gasteiger partial charge in [-0.2, -0.15) is 5.10 Å². The molecule has 1 aromatic rings. The summed E-state index contributed by atoms with van der Waals surface area (Å²) in [4.78, 5) is 24.8. The first-order valence-corrected chi connectivity index (χ1v) is 6.65. The molecule has 0 bridgehead atoms. The van der Waals surface area contributed by atoms with E-state index in [9.17, 15) is 9.59 Å². The van der Waals surface area contributed by atoms with Crippen molar-refractivity contribution < 1.29 is 14.7 Å². The first kappa shape index (κ1) is 14.4. The van der Waals surface area contributed by atoms with Crippen LogP contribution in [0, 0.1) is 5.41 Å². The summed E-state index contributed by atoms with van der Waals surface area (Å²) < 4.78 is 1.75. The van der Waals surface area contributed by atoms with E-state index in [0.29, 0.717) is 18.7 Å². The van der Waals surface area contributed by atoms with Crippen molar-refractivity contribution in [2.24, 2.45) is 5.41 Å². The van der Waals surface area contributed by atoms with E-state index in [2.05, 4.69) is 10.4 Å². The number of rotatable bonds is 3. The molecular weight excluding hydrogens is 260 g/mol. The Morgan fingerprint density at radius 3 is 2.70 bits per heavy atom. The maximum atomic E-state index is 12.1. The lowest BCUT2D eigenvalue weighted by atomic mass is 9.90. The summed E-state index contributed by atoms with van der Waals surface area (Å²) in [7, 11) is 0. The Kier molecular flexibility index (Phi) is 3.69. The monoisotopic (exact) mass is 280 g/mol. The summed E-state index contributed by atoms with van der Waals surface area (Å²) in [6, 6.07) is -0.0546. The van der Waals surface area contributed by atoms with Crippen LogP contribution in [-0.2, 0) is 4.79 Å². The van der Waals surface area contributed by atoms with Crippen LogP contribution in [-0.4, -0.2) is 44.9 Å². The van der Waals surface area contributed by atoms with Crippen molar-refractivity contribution in [1.82, 2.24) is 14.7 Å². The number of anilines is 1. The zero-order valence-corrected chi connectivity index (χ0v) is 12.0. The number of carboxylic acids is 1. The average Bonchev–Trinajstić information content (AvgIpc) is 2.97. The molecule has 20 heavy (non-hydrogen) atoms. The number of amides is 2. The normalized spacial score (nSPS) is 22.3. The van der Waals surface area contributed by atoms with Crippen LogP contribution in [0.25, 0.3) is 0 Å². The van der Waals surface area contributed by atoms with Gasteiger partial charge in [0, 0.05) is 25.3 Å². The molecule has 1 aliphatic heterocycles. The SMILES string of the molecule is CC(C)n1cc(NC(=O)N2CCC(C)(C(=O)O)C2)cn1. The number of aromatic nitrogens is 2. The highest BCUT2D eigenvalue weighted by Crippen LogP contribution is 2.30. The van der Waals surface area contributed by atoms with E-state index >= 15 is 0 Å². The Labute approximate surface area is 117 Å². The molecule has 1 unspecified atom stereocenters. The number of carbonyl (C=O) groups is 2. The zero-order valence-electron chi connectivity index (χ0n) is 12.0. The maximum absolute atomic E-state index is 12.1. The number of likely N-dealkylation sites (tertiary alicyclic amines) is 1. The highest BCUT2D eigenvalue weighted by molar-refractivity contribution is 5.90. The van der Waals surface area contributed by atoms with Crippen molar-refractivity contribution in [2.75, 3.05) is 18.4 Å². The van der Waals surface area contributed by atoms with Gasteiger partial charge in [0.2, 0.25) is 0 Å². The highest BCUT2D eigenvalue weighted by Gasteiger charge is 2.42. The second kappa shape index (κ2) is 5.15. The van der Waals surface area contributed by atoms with Crippen molar-refractivity contribution in [3.05, 3.63) is 12.4 Å². The Morgan fingerprint density at radius 2 is 2.20 bits per heavy atom. The molecule has 7 heteroatoms. The topological polar surface area (TPSA) is 87.5 Å². The molecule has 1 atom stereocenters. The lowest BCUT2D eigenvalue weighted by molar-refractivity contribution is -0.146.